The molecule has 0 spiro atoms. The van der Waals surface area contributed by atoms with Crippen LogP contribution in [0.1, 0.15) is 17.3 Å². The van der Waals surface area contributed by atoms with Crippen LogP contribution in [0, 0.1) is 0 Å². The van der Waals surface area contributed by atoms with Gasteiger partial charge in [-0.1, -0.05) is 0 Å². The maximum atomic E-state index is 11.2. The number of ether oxygens (including phenoxy) is 1. The quantitative estimate of drug-likeness (QED) is 0.697. The fourth-order valence-corrected chi connectivity index (χ4v) is 1.49. The topological polar surface area (TPSA) is 40.4 Å². The van der Waals surface area contributed by atoms with E-state index in [4.69, 9.17) is 4.74 Å². The van der Waals surface area contributed by atoms with Gasteiger partial charge in [-0.05, 0) is 19.1 Å². The maximum absolute atomic E-state index is 11.2. The van der Waals surface area contributed by atoms with Crippen molar-refractivity contribution in [3.8, 4) is 5.75 Å². The normalized spacial score (nSPS) is 10.3. The number of ketones is 1. The lowest BCUT2D eigenvalue weighted by Gasteiger charge is -1.99. The highest BCUT2D eigenvalue weighted by molar-refractivity contribution is 5.97. The van der Waals surface area contributed by atoms with E-state index in [0.717, 1.165) is 16.7 Å². The molecule has 2 aromatic rings. The van der Waals surface area contributed by atoms with Gasteiger partial charge in [0, 0.05) is 17.7 Å². The first-order valence-corrected chi connectivity index (χ1v) is 4.71. The van der Waals surface area contributed by atoms with Gasteiger partial charge < -0.3 is 4.74 Å². The van der Waals surface area contributed by atoms with E-state index in [-0.39, 0.29) is 5.78 Å². The summed E-state index contributed by atoms with van der Waals surface area (Å²) in [5.41, 5.74) is 1.70. The summed E-state index contributed by atoms with van der Waals surface area (Å²) in [5, 5.41) is 0.974. The minimum Gasteiger partial charge on any atom is -0.491 e. The van der Waals surface area contributed by atoms with Crippen LogP contribution in [0.5, 0.6) is 5.75 Å². The minimum atomic E-state index is 0.0692. The highest BCUT2D eigenvalue weighted by Gasteiger charge is 2.06. The van der Waals surface area contributed by atoms with Crippen molar-refractivity contribution in [3.05, 3.63) is 36.0 Å². The summed E-state index contributed by atoms with van der Waals surface area (Å²) >= 11 is 0. The monoisotopic (exact) mass is 202 g/mol. The predicted molar refractivity (Wildman–Crippen MR) is 57.1 cm³/mol. The van der Waals surface area contributed by atoms with Gasteiger partial charge in [0.15, 0.2) is 11.5 Å². The maximum Gasteiger partial charge on any atom is 0.211 e. The van der Waals surface area contributed by atoms with Crippen molar-refractivity contribution in [2.45, 2.75) is 6.92 Å². The lowest BCUT2D eigenvalue weighted by molar-refractivity contribution is -0.345. The first kappa shape index (κ1) is 9.65. The molecule has 0 fully saturated rings. The van der Waals surface area contributed by atoms with E-state index in [0.29, 0.717) is 5.56 Å². The summed E-state index contributed by atoms with van der Waals surface area (Å²) in [7, 11) is 1.61. The highest BCUT2D eigenvalue weighted by Crippen LogP contribution is 2.17. The number of nitrogens with one attached hydrogen (secondary N) is 1. The van der Waals surface area contributed by atoms with Crippen molar-refractivity contribution in [1.29, 1.82) is 0 Å². The molecular formula is C12H12NO2+. The van der Waals surface area contributed by atoms with Crippen LogP contribution in [0.15, 0.2) is 30.5 Å². The summed E-state index contributed by atoms with van der Waals surface area (Å²) in [6.45, 7) is 1.56. The van der Waals surface area contributed by atoms with Crippen molar-refractivity contribution >= 4 is 16.7 Å². The van der Waals surface area contributed by atoms with Gasteiger partial charge in [-0.3, -0.25) is 4.79 Å². The zero-order valence-electron chi connectivity index (χ0n) is 8.70. The Labute approximate surface area is 87.7 Å². The van der Waals surface area contributed by atoms with Crippen molar-refractivity contribution in [2.24, 2.45) is 0 Å². The molecule has 0 aliphatic rings. The van der Waals surface area contributed by atoms with E-state index in [1.54, 1.807) is 20.2 Å². The van der Waals surface area contributed by atoms with Crippen LogP contribution in [0.3, 0.4) is 0 Å². The number of H-pyrrole nitrogens is 1. The van der Waals surface area contributed by atoms with Gasteiger partial charge in [-0.15, -0.1) is 0 Å². The molecular weight excluding hydrogens is 190 g/mol. The molecule has 1 heterocycles. The SMILES string of the molecule is COc1c[nH+]c2ccc(C(C)=O)cc2c1. The lowest BCUT2D eigenvalue weighted by Crippen LogP contribution is -2.04. The molecule has 0 aliphatic carbocycles. The zero-order chi connectivity index (χ0) is 10.8. The zero-order valence-corrected chi connectivity index (χ0v) is 8.70. The molecule has 1 N–H and O–H groups in total. The molecule has 1 aromatic heterocycles. The Balaban J connectivity index is 2.62. The van der Waals surface area contributed by atoms with Crippen LogP contribution in [0.25, 0.3) is 10.9 Å². The molecule has 0 aliphatic heterocycles. The van der Waals surface area contributed by atoms with E-state index in [2.05, 4.69) is 4.98 Å². The molecule has 3 nitrogen and oxygen atoms in total. The van der Waals surface area contributed by atoms with Crippen molar-refractivity contribution in [2.75, 3.05) is 7.11 Å². The number of hydrogen-bond donors (Lipinski definition) is 0. The molecule has 1 aromatic carbocycles. The number of pyridine rings is 1. The Hall–Kier alpha value is -1.90. The molecule has 3 heteroatoms. The molecule has 0 amide bonds. The molecule has 0 unspecified atom stereocenters. The number of aromatic nitrogens is 1. The molecule has 0 bridgehead atoms. The highest BCUT2D eigenvalue weighted by atomic mass is 16.5. The van der Waals surface area contributed by atoms with Crippen LogP contribution in [0.2, 0.25) is 0 Å². The summed E-state index contributed by atoms with van der Waals surface area (Å²) in [6.07, 6.45) is 1.79. The first-order chi connectivity index (χ1) is 7.20. The van der Waals surface area contributed by atoms with Crippen LogP contribution in [-0.2, 0) is 0 Å². The molecule has 2 rings (SSSR count). The summed E-state index contributed by atoms with van der Waals surface area (Å²) in [4.78, 5) is 14.3. The van der Waals surface area contributed by atoms with E-state index in [9.17, 15) is 4.79 Å². The molecule has 0 saturated heterocycles. The number of Topliss-reactive ketones (excluding diaryl/α,β-unsaturated/α-hetero) is 1. The van der Waals surface area contributed by atoms with E-state index < -0.39 is 0 Å². The summed E-state index contributed by atoms with van der Waals surface area (Å²) in [5.74, 6) is 0.822. The van der Waals surface area contributed by atoms with Crippen LogP contribution in [-0.4, -0.2) is 12.9 Å². The summed E-state index contributed by atoms with van der Waals surface area (Å²) < 4.78 is 5.11. The number of fused-ring (bicyclic) bond motifs is 1. The Kier molecular flexibility index (Phi) is 2.37. The van der Waals surface area contributed by atoms with Crippen molar-refractivity contribution in [1.82, 2.24) is 0 Å². The standard InChI is InChI=1S/C12H11NO2/c1-8(14)9-3-4-12-10(5-9)6-11(15-2)7-13-12/h3-7H,1-2H3/p+1. The summed E-state index contributed by atoms with van der Waals surface area (Å²) in [6, 6.07) is 7.47. The Morgan fingerprint density at radius 3 is 2.80 bits per heavy atom. The third-order valence-electron chi connectivity index (χ3n) is 2.36. The van der Waals surface area contributed by atoms with Crippen molar-refractivity contribution in [3.63, 3.8) is 0 Å². The number of methoxy groups -OCH3 is 1. The first-order valence-electron chi connectivity index (χ1n) is 4.71. The van der Waals surface area contributed by atoms with Gasteiger partial charge in [0.1, 0.15) is 0 Å². The number of carbonyl (C=O) groups is 1. The lowest BCUT2D eigenvalue weighted by atomic mass is 10.1. The number of hydrogen-bond acceptors (Lipinski definition) is 2. The predicted octanol–water partition coefficient (Wildman–Crippen LogP) is 1.87. The minimum absolute atomic E-state index is 0.0692. The second kappa shape index (κ2) is 3.69. The number of benzene rings is 1. The van der Waals surface area contributed by atoms with Crippen LogP contribution >= 0.6 is 0 Å². The number of rotatable bonds is 2. The van der Waals surface area contributed by atoms with Gasteiger partial charge >= 0.3 is 0 Å². The largest absolute Gasteiger partial charge is 0.491 e. The fraction of sp³-hybridized carbons (Fsp3) is 0.167. The number of carbonyl (C=O) groups excluding carboxylic acids is 1. The van der Waals surface area contributed by atoms with Gasteiger partial charge in [0.2, 0.25) is 11.7 Å². The van der Waals surface area contributed by atoms with Gasteiger partial charge in [0.05, 0.1) is 12.5 Å². The Morgan fingerprint density at radius 1 is 1.33 bits per heavy atom. The second-order valence-electron chi connectivity index (χ2n) is 3.40. The van der Waals surface area contributed by atoms with E-state index in [1.165, 1.54) is 0 Å². The third-order valence-corrected chi connectivity index (χ3v) is 2.36. The molecule has 0 radical (unpaired) electrons. The fourth-order valence-electron chi connectivity index (χ4n) is 1.49. The second-order valence-corrected chi connectivity index (χ2v) is 3.40. The molecule has 0 atom stereocenters. The smallest absolute Gasteiger partial charge is 0.211 e. The average Bonchev–Trinajstić information content (AvgIpc) is 2.27. The van der Waals surface area contributed by atoms with E-state index in [1.807, 2.05) is 24.3 Å². The molecule has 76 valence electrons. The number of aromatic amines is 1. The molecule has 15 heavy (non-hydrogen) atoms. The Morgan fingerprint density at radius 2 is 2.13 bits per heavy atom. The van der Waals surface area contributed by atoms with Gasteiger partial charge in [-0.25, -0.2) is 4.98 Å². The van der Waals surface area contributed by atoms with Gasteiger partial charge in [0.25, 0.3) is 0 Å². The van der Waals surface area contributed by atoms with Crippen molar-refractivity contribution < 1.29 is 14.5 Å². The Bertz CT molecular complexity index is 520. The van der Waals surface area contributed by atoms with E-state index >= 15 is 0 Å². The average molecular weight is 202 g/mol. The van der Waals surface area contributed by atoms with Crippen LogP contribution < -0.4 is 9.72 Å². The van der Waals surface area contributed by atoms with Crippen LogP contribution in [0.4, 0.5) is 0 Å². The third kappa shape index (κ3) is 1.81. The molecule has 0 saturated carbocycles. The van der Waals surface area contributed by atoms with Gasteiger partial charge in [-0.2, -0.15) is 0 Å².